The third kappa shape index (κ3) is 21.2. The van der Waals surface area contributed by atoms with Gasteiger partial charge in [0.1, 0.15) is 19.3 Å². The third-order valence-electron chi connectivity index (χ3n) is 5.80. The first-order valence-corrected chi connectivity index (χ1v) is 15.2. The van der Waals surface area contributed by atoms with Crippen LogP contribution in [0.4, 0.5) is 0 Å². The predicted octanol–water partition coefficient (Wildman–Crippen LogP) is 0.871. The lowest BCUT2D eigenvalue weighted by atomic mass is 10.1. The maximum atomic E-state index is 12.2. The molecule has 0 saturated heterocycles. The molecule has 1 aromatic carbocycles. The topological polar surface area (TPSA) is 179 Å². The van der Waals surface area contributed by atoms with Gasteiger partial charge in [-0.2, -0.15) is 0 Å². The van der Waals surface area contributed by atoms with Gasteiger partial charge in [-0.1, -0.05) is 36.1 Å². The van der Waals surface area contributed by atoms with E-state index < -0.39 is 12.0 Å². The van der Waals surface area contributed by atoms with Crippen LogP contribution in [0.2, 0.25) is 0 Å². The van der Waals surface area contributed by atoms with Gasteiger partial charge in [0.25, 0.3) is 0 Å². The molecule has 1 rings (SSSR count). The largest absolute Gasteiger partial charge is 0.480 e. The molecule has 0 aromatic heterocycles. The summed E-state index contributed by atoms with van der Waals surface area (Å²) in [4.78, 5) is 58.5. The molecule has 0 bridgehead atoms. The Bertz CT molecular complexity index is 1010. The van der Waals surface area contributed by atoms with Gasteiger partial charge in [-0.3, -0.25) is 19.2 Å². The molecule has 0 radical (unpaired) electrons. The van der Waals surface area contributed by atoms with E-state index in [0.29, 0.717) is 34.4 Å². The Morgan fingerprint density at radius 1 is 0.791 bits per heavy atom. The molecule has 0 saturated carbocycles. The highest BCUT2D eigenvalue weighted by Gasteiger charge is 2.20. The number of hydrogen-bond donors (Lipinski definition) is 4. The molecule has 240 valence electrons. The average molecular weight is 626 g/mol. The molecule has 3 amide bonds. The molecule has 13 nitrogen and oxygen atoms in total. The Kier molecular flexibility index (Phi) is 21.3. The fourth-order valence-corrected chi connectivity index (χ4v) is 3.66. The van der Waals surface area contributed by atoms with E-state index in [0.717, 1.165) is 17.5 Å². The molecule has 0 unspecified atom stereocenters. The van der Waals surface area contributed by atoms with Gasteiger partial charge < -0.3 is 40.0 Å². The van der Waals surface area contributed by atoms with Crippen LogP contribution in [0.15, 0.2) is 24.3 Å². The van der Waals surface area contributed by atoms with Crippen LogP contribution in [0.5, 0.6) is 0 Å². The third-order valence-corrected chi connectivity index (χ3v) is 6.28. The first-order valence-electron chi connectivity index (χ1n) is 14.1. The number of nitrogens with one attached hydrogen (secondary N) is 3. The van der Waals surface area contributed by atoms with Crippen molar-refractivity contribution in [3.63, 3.8) is 0 Å². The highest BCUT2D eigenvalue weighted by molar-refractivity contribution is 7.56. The monoisotopic (exact) mass is 625 g/mol. The van der Waals surface area contributed by atoms with Gasteiger partial charge in [0.05, 0.1) is 39.6 Å². The number of amides is 3. The van der Waals surface area contributed by atoms with Gasteiger partial charge in [-0.25, -0.2) is 4.79 Å². The molecule has 0 aliphatic carbocycles. The van der Waals surface area contributed by atoms with E-state index in [2.05, 4.69) is 22.2 Å². The number of carbonyl (C=O) groups excluding carboxylic acids is 4. The van der Waals surface area contributed by atoms with E-state index in [-0.39, 0.29) is 88.7 Å². The van der Waals surface area contributed by atoms with E-state index in [1.807, 2.05) is 31.2 Å². The number of rotatable bonds is 26. The molecule has 4 N–H and O–H groups in total. The van der Waals surface area contributed by atoms with E-state index in [9.17, 15) is 29.1 Å². The maximum absolute atomic E-state index is 12.2. The molecule has 0 spiro atoms. The standard InChI is InChI=1S/C29H44N3O10P/c1-22-6-8-23(9-7-22)4-3-5-26(34)32-24(29(37)38)10-11-25(33)30-12-14-39-16-18-41-20-27(35)31-13-15-40-17-19-42-21-28(36)43-2/h6-9,24H,2-5,10-21H2,1H3,(H,30,33)(H,31,35)(H,32,34)(H,37,38)/t24-/m0/s1. The number of carboxylic acids is 1. The molecular formula is C29H44N3O10P. The van der Waals surface area contributed by atoms with Crippen molar-refractivity contribution in [1.29, 1.82) is 0 Å². The van der Waals surface area contributed by atoms with E-state index >= 15 is 0 Å². The average Bonchev–Trinajstić information content (AvgIpc) is 2.98. The summed E-state index contributed by atoms with van der Waals surface area (Å²) in [5.41, 5.74) is 2.17. The summed E-state index contributed by atoms with van der Waals surface area (Å²) in [7, 11) is 0.414. The zero-order valence-corrected chi connectivity index (χ0v) is 25.7. The van der Waals surface area contributed by atoms with Crippen LogP contribution >= 0.6 is 8.20 Å². The zero-order valence-electron chi connectivity index (χ0n) is 24.8. The fraction of sp³-hybridized carbons (Fsp3) is 0.586. The molecule has 0 aliphatic rings. The summed E-state index contributed by atoms with van der Waals surface area (Å²) in [5.74, 6) is -2.20. The number of aliphatic carboxylic acids is 1. The highest BCUT2D eigenvalue weighted by atomic mass is 31.1. The second-order valence-electron chi connectivity index (χ2n) is 9.42. The van der Waals surface area contributed by atoms with Crippen molar-refractivity contribution in [3.8, 4) is 0 Å². The van der Waals surface area contributed by atoms with Gasteiger partial charge in [0.15, 0.2) is 0 Å². The number of aryl methyl sites for hydroxylation is 2. The fourth-order valence-electron chi connectivity index (χ4n) is 3.48. The van der Waals surface area contributed by atoms with Crippen LogP contribution < -0.4 is 16.0 Å². The number of carbonyl (C=O) groups is 5. The van der Waals surface area contributed by atoms with Crippen molar-refractivity contribution in [1.82, 2.24) is 16.0 Å². The van der Waals surface area contributed by atoms with Crippen LogP contribution in [0, 0.1) is 6.92 Å². The van der Waals surface area contributed by atoms with E-state index in [1.165, 1.54) is 0 Å². The summed E-state index contributed by atoms with van der Waals surface area (Å²) < 4.78 is 20.9. The molecule has 0 heterocycles. The molecule has 0 aliphatic heterocycles. The Hall–Kier alpha value is -3.22. The van der Waals surface area contributed by atoms with E-state index in [1.54, 1.807) is 0 Å². The highest BCUT2D eigenvalue weighted by Crippen LogP contribution is 2.08. The first kappa shape index (κ1) is 37.8. The number of benzene rings is 1. The van der Waals surface area contributed by atoms with Crippen molar-refractivity contribution in [2.24, 2.45) is 0 Å². The van der Waals surface area contributed by atoms with Crippen LogP contribution in [-0.2, 0) is 49.3 Å². The van der Waals surface area contributed by atoms with Crippen molar-refractivity contribution in [3.05, 3.63) is 35.4 Å². The second kappa shape index (κ2) is 24.2. The summed E-state index contributed by atoms with van der Waals surface area (Å²) in [6, 6.07) is 6.88. The Labute approximate surface area is 254 Å². The molecule has 1 atom stereocenters. The van der Waals surface area contributed by atoms with Crippen LogP contribution in [0.25, 0.3) is 0 Å². The maximum Gasteiger partial charge on any atom is 0.326 e. The minimum Gasteiger partial charge on any atom is -0.480 e. The summed E-state index contributed by atoms with van der Waals surface area (Å²) >= 11 is 0. The lowest BCUT2D eigenvalue weighted by Gasteiger charge is -2.14. The minimum absolute atomic E-state index is 0.00830. The smallest absolute Gasteiger partial charge is 0.326 e. The quantitative estimate of drug-likeness (QED) is 0.0853. The Balaban J connectivity index is 2.00. The normalized spacial score (nSPS) is 11.6. The van der Waals surface area contributed by atoms with Gasteiger partial charge in [0, 0.05) is 25.9 Å². The molecule has 1 aromatic rings. The van der Waals surface area contributed by atoms with Crippen LogP contribution in [0.1, 0.15) is 36.8 Å². The SMILES string of the molecule is C=PC(=O)COCCOCCNC(=O)COCCOCCNC(=O)CC[C@H](NC(=O)CCCc1ccc(C)cc1)C(=O)O. The summed E-state index contributed by atoms with van der Waals surface area (Å²) in [5, 5.41) is 17.2. The van der Waals surface area contributed by atoms with Crippen molar-refractivity contribution < 1.29 is 48.0 Å². The molecular weight excluding hydrogens is 581 g/mol. The van der Waals surface area contributed by atoms with Crippen LogP contribution in [-0.4, -0.2) is 113 Å². The Morgan fingerprint density at radius 2 is 1.37 bits per heavy atom. The van der Waals surface area contributed by atoms with E-state index in [4.69, 9.17) is 18.9 Å². The first-order chi connectivity index (χ1) is 20.7. The predicted molar refractivity (Wildman–Crippen MR) is 161 cm³/mol. The second-order valence-corrected chi connectivity index (χ2v) is 10.2. The number of hydrogen-bond acceptors (Lipinski definition) is 9. The number of ether oxygens (including phenoxy) is 4. The minimum atomic E-state index is -1.19. The van der Waals surface area contributed by atoms with Crippen molar-refractivity contribution in [2.45, 2.75) is 45.1 Å². The summed E-state index contributed by atoms with van der Waals surface area (Å²) in [6.07, 6.45) is 4.86. The van der Waals surface area contributed by atoms with Gasteiger partial charge in [-0.15, -0.1) is 0 Å². The van der Waals surface area contributed by atoms with Crippen molar-refractivity contribution >= 4 is 43.7 Å². The zero-order chi connectivity index (χ0) is 31.7. The number of carboxylic acid groups (broad SMARTS) is 1. The lowest BCUT2D eigenvalue weighted by molar-refractivity contribution is -0.142. The van der Waals surface area contributed by atoms with Gasteiger partial charge >= 0.3 is 5.97 Å². The summed E-state index contributed by atoms with van der Waals surface area (Å²) in [6.45, 7) is 3.91. The molecule has 43 heavy (non-hydrogen) atoms. The van der Waals surface area contributed by atoms with Crippen molar-refractivity contribution in [2.75, 3.05) is 65.9 Å². The molecule has 14 heteroatoms. The van der Waals surface area contributed by atoms with Gasteiger partial charge in [-0.05, 0) is 40.0 Å². The van der Waals surface area contributed by atoms with Gasteiger partial charge in [0.2, 0.25) is 23.2 Å². The Morgan fingerprint density at radius 3 is 1.98 bits per heavy atom. The van der Waals surface area contributed by atoms with Crippen LogP contribution in [0.3, 0.4) is 0 Å². The molecule has 0 fully saturated rings. The lowest BCUT2D eigenvalue weighted by Crippen LogP contribution is -2.41.